The third-order valence-electron chi connectivity index (χ3n) is 5.05. The predicted molar refractivity (Wildman–Crippen MR) is 110 cm³/mol. The number of carbonyl (C=O) groups excluding carboxylic acids is 1. The van der Waals surface area contributed by atoms with Crippen LogP contribution in [0.2, 0.25) is 5.02 Å². The molecular weight excluding hydrogens is 398 g/mol. The van der Waals surface area contributed by atoms with Gasteiger partial charge in [-0.15, -0.1) is 0 Å². The molecule has 8 heteroatoms. The van der Waals surface area contributed by atoms with Gasteiger partial charge < -0.3 is 10.2 Å². The van der Waals surface area contributed by atoms with E-state index in [0.717, 1.165) is 32.5 Å². The maximum absolute atomic E-state index is 12.5. The van der Waals surface area contributed by atoms with Crippen LogP contribution in [0.1, 0.15) is 30.1 Å². The average molecular weight is 423 g/mol. The molecule has 2 aromatic rings. The van der Waals surface area contributed by atoms with Gasteiger partial charge in [-0.1, -0.05) is 11.6 Å². The molecule has 1 aliphatic heterocycles. The van der Waals surface area contributed by atoms with Crippen LogP contribution in [-0.4, -0.2) is 40.0 Å². The number of halogens is 1. The summed E-state index contributed by atoms with van der Waals surface area (Å²) in [6, 6.07) is 12.5. The van der Waals surface area contributed by atoms with Crippen molar-refractivity contribution in [1.82, 2.24) is 5.32 Å². The Morgan fingerprint density at radius 2 is 1.68 bits per heavy atom. The molecule has 1 aliphatic rings. The summed E-state index contributed by atoms with van der Waals surface area (Å²) in [4.78, 5) is 14.1. The monoisotopic (exact) mass is 422 g/mol. The molecule has 0 aromatic heterocycles. The first-order valence-electron chi connectivity index (χ1n) is 9.40. The van der Waals surface area contributed by atoms with E-state index in [4.69, 9.17) is 11.6 Å². The summed E-state index contributed by atoms with van der Waals surface area (Å²) in [6.07, 6.45) is 1.93. The number of quaternary nitrogens is 1. The summed E-state index contributed by atoms with van der Waals surface area (Å²) in [5, 5.41) is 3.58. The van der Waals surface area contributed by atoms with Crippen molar-refractivity contribution in [3.05, 3.63) is 59.1 Å². The number of anilines is 1. The molecule has 6 nitrogen and oxygen atoms in total. The quantitative estimate of drug-likeness (QED) is 0.665. The number of carbonyl (C=O) groups is 1. The van der Waals surface area contributed by atoms with Gasteiger partial charge in [0.2, 0.25) is 0 Å². The van der Waals surface area contributed by atoms with E-state index in [1.54, 1.807) is 29.2 Å². The number of rotatable bonds is 6. The summed E-state index contributed by atoms with van der Waals surface area (Å²) < 4.78 is 27.5. The Labute approximate surface area is 170 Å². The van der Waals surface area contributed by atoms with Gasteiger partial charge in [0, 0.05) is 35.2 Å². The Morgan fingerprint density at radius 1 is 1.07 bits per heavy atom. The summed E-state index contributed by atoms with van der Waals surface area (Å²) in [7, 11) is -3.73. The molecule has 0 atom stereocenters. The Morgan fingerprint density at radius 3 is 2.25 bits per heavy atom. The van der Waals surface area contributed by atoms with Crippen molar-refractivity contribution in [3.8, 4) is 0 Å². The standard InChI is InChI=1S/C20H24ClN3O3S/c1-2-24-13-11-17(12-14-24)22-20(25)15-3-9-19(10-4-15)28(26,27)23-18-7-5-16(21)6-8-18/h3-10,17,23H,2,11-14H2,1H3,(H,22,25)/p+1. The summed E-state index contributed by atoms with van der Waals surface area (Å²) in [5.74, 6) is -0.167. The highest BCUT2D eigenvalue weighted by atomic mass is 35.5. The van der Waals surface area contributed by atoms with Gasteiger partial charge in [0.1, 0.15) is 0 Å². The Hall–Kier alpha value is -2.09. The van der Waals surface area contributed by atoms with Crippen molar-refractivity contribution in [2.75, 3.05) is 24.4 Å². The van der Waals surface area contributed by atoms with Crippen LogP contribution in [0.5, 0.6) is 0 Å². The highest BCUT2D eigenvalue weighted by Gasteiger charge is 2.23. The van der Waals surface area contributed by atoms with E-state index < -0.39 is 10.0 Å². The van der Waals surface area contributed by atoms with Crippen LogP contribution < -0.4 is 14.9 Å². The number of likely N-dealkylation sites (tertiary alicyclic amines) is 1. The second-order valence-electron chi connectivity index (χ2n) is 6.99. The van der Waals surface area contributed by atoms with Gasteiger partial charge in [-0.3, -0.25) is 9.52 Å². The van der Waals surface area contributed by atoms with Crippen LogP contribution in [0, 0.1) is 0 Å². The first-order valence-corrected chi connectivity index (χ1v) is 11.3. The van der Waals surface area contributed by atoms with Crippen LogP contribution in [0.25, 0.3) is 0 Å². The van der Waals surface area contributed by atoms with Crippen LogP contribution in [0.3, 0.4) is 0 Å². The molecule has 28 heavy (non-hydrogen) atoms. The van der Waals surface area contributed by atoms with Gasteiger partial charge in [-0.25, -0.2) is 8.42 Å². The van der Waals surface area contributed by atoms with Crippen molar-refractivity contribution < 1.29 is 18.1 Å². The highest BCUT2D eigenvalue weighted by molar-refractivity contribution is 7.92. The zero-order valence-electron chi connectivity index (χ0n) is 15.7. The second-order valence-corrected chi connectivity index (χ2v) is 9.11. The summed E-state index contributed by atoms with van der Waals surface area (Å²) in [5.41, 5.74) is 0.877. The molecule has 1 heterocycles. The van der Waals surface area contributed by atoms with Gasteiger partial charge in [-0.05, 0) is 55.5 Å². The lowest BCUT2D eigenvalue weighted by molar-refractivity contribution is -0.903. The molecule has 0 bridgehead atoms. The number of nitrogens with one attached hydrogen (secondary N) is 3. The second kappa shape index (κ2) is 8.94. The number of benzene rings is 2. The third kappa shape index (κ3) is 5.25. The van der Waals surface area contributed by atoms with E-state index in [2.05, 4.69) is 17.0 Å². The van der Waals surface area contributed by atoms with Crippen LogP contribution in [-0.2, 0) is 10.0 Å². The lowest BCUT2D eigenvalue weighted by atomic mass is 10.0. The van der Waals surface area contributed by atoms with Crippen molar-refractivity contribution >= 4 is 33.2 Å². The predicted octanol–water partition coefficient (Wildman–Crippen LogP) is 1.94. The maximum atomic E-state index is 12.5. The van der Waals surface area contributed by atoms with E-state index in [1.165, 1.54) is 24.3 Å². The third-order valence-corrected chi connectivity index (χ3v) is 6.70. The highest BCUT2D eigenvalue weighted by Crippen LogP contribution is 2.19. The normalized spacial score (nSPS) is 19.8. The smallest absolute Gasteiger partial charge is 0.261 e. The minimum absolute atomic E-state index is 0.0962. The molecule has 1 fully saturated rings. The molecule has 0 aliphatic carbocycles. The Bertz CT molecular complexity index is 907. The molecule has 0 unspecified atom stereocenters. The lowest BCUT2D eigenvalue weighted by Gasteiger charge is -2.29. The van der Waals surface area contributed by atoms with Gasteiger partial charge in [0.25, 0.3) is 15.9 Å². The number of sulfonamides is 1. The fraction of sp³-hybridized carbons (Fsp3) is 0.350. The molecule has 1 amide bonds. The molecule has 0 saturated carbocycles. The van der Waals surface area contributed by atoms with E-state index in [9.17, 15) is 13.2 Å². The van der Waals surface area contributed by atoms with Gasteiger partial charge >= 0.3 is 0 Å². The molecule has 2 aromatic carbocycles. The van der Waals surface area contributed by atoms with Crippen molar-refractivity contribution in [2.24, 2.45) is 0 Å². The fourth-order valence-electron chi connectivity index (χ4n) is 3.31. The molecule has 0 spiro atoms. The Balaban J connectivity index is 1.62. The zero-order valence-corrected chi connectivity index (χ0v) is 17.3. The van der Waals surface area contributed by atoms with E-state index in [1.807, 2.05) is 0 Å². The number of hydrogen-bond acceptors (Lipinski definition) is 3. The Kier molecular flexibility index (Phi) is 6.59. The topological polar surface area (TPSA) is 79.7 Å². The molecule has 3 rings (SSSR count). The van der Waals surface area contributed by atoms with Crippen molar-refractivity contribution in [2.45, 2.75) is 30.7 Å². The molecule has 150 valence electrons. The zero-order chi connectivity index (χ0) is 20.1. The van der Waals surface area contributed by atoms with Gasteiger partial charge in [0.15, 0.2) is 0 Å². The van der Waals surface area contributed by atoms with Gasteiger partial charge in [-0.2, -0.15) is 0 Å². The van der Waals surface area contributed by atoms with Crippen LogP contribution in [0.15, 0.2) is 53.4 Å². The lowest BCUT2D eigenvalue weighted by Crippen LogP contribution is -3.13. The number of hydrogen-bond donors (Lipinski definition) is 3. The minimum Gasteiger partial charge on any atom is -0.349 e. The van der Waals surface area contributed by atoms with Crippen LogP contribution in [0.4, 0.5) is 5.69 Å². The maximum Gasteiger partial charge on any atom is 0.261 e. The number of piperidine rings is 1. The van der Waals surface area contributed by atoms with E-state index in [-0.39, 0.29) is 16.8 Å². The van der Waals surface area contributed by atoms with E-state index in [0.29, 0.717) is 16.3 Å². The summed E-state index contributed by atoms with van der Waals surface area (Å²) >= 11 is 5.81. The minimum atomic E-state index is -3.73. The molecule has 1 saturated heterocycles. The first-order chi connectivity index (χ1) is 13.4. The summed E-state index contributed by atoms with van der Waals surface area (Å²) in [6.45, 7) is 5.41. The SMILES string of the molecule is CC[NH+]1CCC(NC(=O)c2ccc(S(=O)(=O)Nc3ccc(Cl)cc3)cc2)CC1. The number of amides is 1. The molecule has 3 N–H and O–H groups in total. The fourth-order valence-corrected chi connectivity index (χ4v) is 4.49. The van der Waals surface area contributed by atoms with Gasteiger partial charge in [0.05, 0.1) is 24.5 Å². The molecule has 0 radical (unpaired) electrons. The average Bonchev–Trinajstić information content (AvgIpc) is 2.70. The van der Waals surface area contributed by atoms with Crippen molar-refractivity contribution in [1.29, 1.82) is 0 Å². The van der Waals surface area contributed by atoms with Crippen molar-refractivity contribution in [3.63, 3.8) is 0 Å². The van der Waals surface area contributed by atoms with E-state index >= 15 is 0 Å². The molecular formula is C20H25ClN3O3S+. The first kappa shape index (κ1) is 20.6. The van der Waals surface area contributed by atoms with Crippen LogP contribution >= 0.6 is 11.6 Å². The largest absolute Gasteiger partial charge is 0.349 e.